The molecule has 0 aliphatic heterocycles. The summed E-state index contributed by atoms with van der Waals surface area (Å²) in [7, 11) is -7.02. The minimum absolute atomic E-state index is 0.216. The third-order valence-electron chi connectivity index (χ3n) is 5.56. The molecular formula is C28H23ClNO4PSe. The maximum absolute atomic E-state index is 8.49. The first kappa shape index (κ1) is 26.4. The van der Waals surface area contributed by atoms with Crippen molar-refractivity contribution in [2.75, 3.05) is 0 Å². The van der Waals surface area contributed by atoms with Gasteiger partial charge in [0, 0.05) is 0 Å². The maximum atomic E-state index is 8.49. The molecule has 0 saturated carbocycles. The second-order valence-corrected chi connectivity index (χ2v) is 13.8. The largest absolute Gasteiger partial charge is 0.222 e. The molecule has 1 aromatic heterocycles. The SMILES string of the molecule is Cc1ccc(-c2nc([P+](c3ccccc3)(c3ccccc3)c3ccccc3)c[se]2)cc1.[O-][Cl+3]([O-])([O-])[O-]. The molecule has 5 nitrogen and oxygen atoms in total. The molecule has 0 N–H and O–H groups in total. The first-order chi connectivity index (χ1) is 17.3. The Labute approximate surface area is 219 Å². The summed E-state index contributed by atoms with van der Waals surface area (Å²) in [6.07, 6.45) is 0. The van der Waals surface area contributed by atoms with E-state index in [0.717, 1.165) is 0 Å². The van der Waals surface area contributed by atoms with E-state index in [2.05, 4.69) is 127 Å². The third-order valence-corrected chi connectivity index (χ3v) is 12.0. The number of halogens is 1. The summed E-state index contributed by atoms with van der Waals surface area (Å²) in [5.41, 5.74) is 3.75. The van der Waals surface area contributed by atoms with Gasteiger partial charge in [-0.15, -0.1) is 10.2 Å². The molecule has 0 atom stereocenters. The molecule has 5 rings (SSSR count). The molecule has 0 aliphatic carbocycles. The Kier molecular flexibility index (Phi) is 8.53. The maximum Gasteiger partial charge on any atom is -0.112 e. The zero-order chi connectivity index (χ0) is 25.6. The van der Waals surface area contributed by atoms with E-state index in [9.17, 15) is 0 Å². The van der Waals surface area contributed by atoms with E-state index in [1.807, 2.05) is 0 Å². The van der Waals surface area contributed by atoms with Crippen LogP contribution in [0, 0.1) is 17.2 Å². The fourth-order valence-corrected chi connectivity index (χ4v) is 10.9. The van der Waals surface area contributed by atoms with Gasteiger partial charge < -0.3 is 0 Å². The van der Waals surface area contributed by atoms with Gasteiger partial charge in [-0.05, 0) is 0 Å². The average molecular weight is 583 g/mol. The summed E-state index contributed by atoms with van der Waals surface area (Å²) >= 11 is 0.216. The Balaban J connectivity index is 0.000000556. The van der Waals surface area contributed by atoms with Crippen molar-refractivity contribution in [3.8, 4) is 10.1 Å². The number of aromatic nitrogens is 1. The molecule has 5 aromatic rings. The minimum Gasteiger partial charge on any atom is -0.222 e. The van der Waals surface area contributed by atoms with Gasteiger partial charge in [0.15, 0.2) is 0 Å². The molecule has 0 unspecified atom stereocenters. The van der Waals surface area contributed by atoms with Crippen molar-refractivity contribution >= 4 is 43.1 Å². The molecule has 0 aliphatic rings. The van der Waals surface area contributed by atoms with Gasteiger partial charge in [0.2, 0.25) is 0 Å². The van der Waals surface area contributed by atoms with E-state index < -0.39 is 17.5 Å². The van der Waals surface area contributed by atoms with Crippen molar-refractivity contribution in [3.05, 3.63) is 126 Å². The normalized spacial score (nSPS) is 11.5. The van der Waals surface area contributed by atoms with Crippen molar-refractivity contribution in [1.82, 2.24) is 4.98 Å². The Hall–Kier alpha value is -2.63. The summed E-state index contributed by atoms with van der Waals surface area (Å²) in [5, 5.41) is 4.05. The van der Waals surface area contributed by atoms with Gasteiger partial charge in [-0.2, -0.15) is 0 Å². The Morgan fingerprint density at radius 3 is 1.39 bits per heavy atom. The fraction of sp³-hybridized carbons (Fsp3) is 0.0357. The van der Waals surface area contributed by atoms with Crippen LogP contribution in [0.4, 0.5) is 0 Å². The van der Waals surface area contributed by atoms with Crippen LogP contribution in [-0.4, -0.2) is 19.5 Å². The van der Waals surface area contributed by atoms with E-state index in [4.69, 9.17) is 23.6 Å². The van der Waals surface area contributed by atoms with Crippen molar-refractivity contribution in [3.63, 3.8) is 0 Å². The van der Waals surface area contributed by atoms with E-state index in [1.165, 1.54) is 37.0 Å². The molecule has 0 radical (unpaired) electrons. The van der Waals surface area contributed by atoms with E-state index >= 15 is 0 Å². The molecule has 182 valence electrons. The van der Waals surface area contributed by atoms with Gasteiger partial charge in [0.05, 0.1) is 0 Å². The number of rotatable bonds is 5. The van der Waals surface area contributed by atoms with Gasteiger partial charge in [-0.3, -0.25) is 0 Å². The number of aryl methyl sites for hydroxylation is 1. The topological polar surface area (TPSA) is 105 Å². The van der Waals surface area contributed by atoms with Gasteiger partial charge in [0.25, 0.3) is 0 Å². The number of hydrogen-bond donors (Lipinski definition) is 0. The van der Waals surface area contributed by atoms with Gasteiger partial charge in [0.1, 0.15) is 0 Å². The van der Waals surface area contributed by atoms with Gasteiger partial charge >= 0.3 is 191 Å². The minimum atomic E-state index is -4.94. The smallest absolute Gasteiger partial charge is 0.112 e. The van der Waals surface area contributed by atoms with Crippen LogP contribution in [0.3, 0.4) is 0 Å². The van der Waals surface area contributed by atoms with Crippen LogP contribution in [-0.2, 0) is 0 Å². The van der Waals surface area contributed by atoms with Crippen LogP contribution in [0.5, 0.6) is 0 Å². The Bertz CT molecular complexity index is 1270. The molecule has 8 heteroatoms. The molecule has 0 bridgehead atoms. The van der Waals surface area contributed by atoms with Crippen LogP contribution < -0.4 is 40.0 Å². The van der Waals surface area contributed by atoms with Crippen molar-refractivity contribution in [2.24, 2.45) is 0 Å². The van der Waals surface area contributed by atoms with Crippen molar-refractivity contribution < 1.29 is 28.9 Å². The predicted octanol–water partition coefficient (Wildman–Crippen LogP) is -0.0226. The predicted molar refractivity (Wildman–Crippen MR) is 136 cm³/mol. The average Bonchev–Trinajstić information content (AvgIpc) is 3.36. The van der Waals surface area contributed by atoms with Crippen LogP contribution in [0.1, 0.15) is 5.56 Å². The second-order valence-electron chi connectivity index (χ2n) is 7.93. The molecule has 0 saturated heterocycles. The molecule has 36 heavy (non-hydrogen) atoms. The summed E-state index contributed by atoms with van der Waals surface area (Å²) < 4.78 is 35.2. The van der Waals surface area contributed by atoms with Gasteiger partial charge in [-0.1, -0.05) is 0 Å². The zero-order valence-electron chi connectivity index (χ0n) is 19.4. The molecule has 4 aromatic carbocycles. The molecular weight excluding hydrogens is 560 g/mol. The van der Waals surface area contributed by atoms with Crippen LogP contribution >= 0.6 is 7.26 Å². The van der Waals surface area contributed by atoms with Crippen molar-refractivity contribution in [2.45, 2.75) is 6.92 Å². The third kappa shape index (κ3) is 6.19. The standard InChI is InChI=1S/C28H23NPSe.ClHO4/c1-22-17-19-23(20-18-22)28-29-27(21-31-28)30(24-11-5-2-6-12-24,25-13-7-3-8-14-25)26-15-9-4-10-16-26;2-1(3,4)5/h2-21H,1H3;(H,2,3,4,5)/q+1;/p-1. The summed E-state index contributed by atoms with van der Waals surface area (Å²) in [6.45, 7) is 2.13. The molecule has 0 fully saturated rings. The summed E-state index contributed by atoms with van der Waals surface area (Å²) in [4.78, 5) is 7.76. The Morgan fingerprint density at radius 2 is 1.00 bits per heavy atom. The molecule has 1 heterocycles. The molecule has 0 amide bonds. The van der Waals surface area contributed by atoms with Crippen LogP contribution in [0.25, 0.3) is 10.1 Å². The number of hydrogen-bond acceptors (Lipinski definition) is 5. The molecule has 0 spiro atoms. The zero-order valence-corrected chi connectivity index (χ0v) is 22.7. The first-order valence-corrected chi connectivity index (χ1v) is 15.9. The van der Waals surface area contributed by atoms with E-state index in [1.54, 1.807) is 0 Å². The first-order valence-electron chi connectivity index (χ1n) is 11.0. The van der Waals surface area contributed by atoms with Gasteiger partial charge in [-0.25, -0.2) is 18.6 Å². The second kappa shape index (κ2) is 11.6. The van der Waals surface area contributed by atoms with E-state index in [0.29, 0.717) is 0 Å². The number of benzene rings is 4. The van der Waals surface area contributed by atoms with E-state index in [-0.39, 0.29) is 14.5 Å². The van der Waals surface area contributed by atoms with Crippen molar-refractivity contribution in [1.29, 1.82) is 0 Å². The van der Waals surface area contributed by atoms with Crippen LogP contribution in [0.2, 0.25) is 0 Å². The Morgan fingerprint density at radius 1 is 0.611 bits per heavy atom. The van der Waals surface area contributed by atoms with Crippen LogP contribution in [0.15, 0.2) is 120 Å². The summed E-state index contributed by atoms with van der Waals surface area (Å²) in [6, 6.07) is 41.7. The summed E-state index contributed by atoms with van der Waals surface area (Å²) in [5.74, 6) is 0. The fourth-order valence-electron chi connectivity index (χ4n) is 4.05. The monoisotopic (exact) mass is 583 g/mol. The quantitative estimate of drug-likeness (QED) is 0.214. The number of nitrogens with zero attached hydrogens (tertiary/aromatic N) is 1.